The molecule has 0 radical (unpaired) electrons. The van der Waals surface area contributed by atoms with Gasteiger partial charge in [0.1, 0.15) is 0 Å². The van der Waals surface area contributed by atoms with Gasteiger partial charge in [-0.05, 0) is 35.5 Å². The smallest absolute Gasteiger partial charge is 0.251 e. The van der Waals surface area contributed by atoms with E-state index in [1.54, 1.807) is 18.2 Å². The van der Waals surface area contributed by atoms with E-state index in [-0.39, 0.29) is 12.7 Å². The monoisotopic (exact) mass is 375 g/mol. The van der Waals surface area contributed by atoms with Gasteiger partial charge >= 0.3 is 0 Å². The predicted octanol–water partition coefficient (Wildman–Crippen LogP) is 3.14. The Hall–Kier alpha value is -0.980. The summed E-state index contributed by atoms with van der Waals surface area (Å²) in [5.74, 6) is 1.30. The highest BCUT2D eigenvalue weighted by molar-refractivity contribution is 14.1. The van der Waals surface area contributed by atoms with E-state index in [0.717, 1.165) is 13.0 Å². The summed E-state index contributed by atoms with van der Waals surface area (Å²) in [6.07, 6.45) is 4.71. The Bertz CT molecular complexity index is 437. The first-order chi connectivity index (χ1) is 9.31. The van der Waals surface area contributed by atoms with Gasteiger partial charge in [-0.3, -0.25) is 4.79 Å². The zero-order valence-corrected chi connectivity index (χ0v) is 12.9. The zero-order valence-electron chi connectivity index (χ0n) is 10.8. The standard InChI is InChI=1S/C14H18INO3/c15-7-3-1-2-4-8-16-14(17)11-5-6-12-13(9-11)19-10-18-12/h5-6,9H,1-4,7-8,10H2,(H,16,17). The molecule has 5 heteroatoms. The van der Waals surface area contributed by atoms with Crippen LogP contribution >= 0.6 is 22.6 Å². The molecular weight excluding hydrogens is 357 g/mol. The predicted molar refractivity (Wildman–Crippen MR) is 82.3 cm³/mol. The van der Waals surface area contributed by atoms with Crippen LogP contribution in [0.4, 0.5) is 0 Å². The molecule has 1 aromatic carbocycles. The van der Waals surface area contributed by atoms with E-state index in [2.05, 4.69) is 27.9 Å². The van der Waals surface area contributed by atoms with Gasteiger partial charge in [-0.2, -0.15) is 0 Å². The number of unbranched alkanes of at least 4 members (excludes halogenated alkanes) is 3. The topological polar surface area (TPSA) is 47.6 Å². The van der Waals surface area contributed by atoms with Crippen molar-refractivity contribution in [1.82, 2.24) is 5.32 Å². The highest BCUT2D eigenvalue weighted by Gasteiger charge is 2.15. The van der Waals surface area contributed by atoms with Crippen LogP contribution in [0.25, 0.3) is 0 Å². The Morgan fingerprint density at radius 3 is 2.79 bits per heavy atom. The Kier molecular flexibility index (Phi) is 5.75. The lowest BCUT2D eigenvalue weighted by Crippen LogP contribution is -2.24. The van der Waals surface area contributed by atoms with Crippen LogP contribution in [0.15, 0.2) is 18.2 Å². The molecule has 1 N–H and O–H groups in total. The van der Waals surface area contributed by atoms with Crippen LogP contribution in [0.5, 0.6) is 11.5 Å². The number of carbonyl (C=O) groups is 1. The number of carbonyl (C=O) groups excluding carboxylic acids is 1. The first-order valence-corrected chi connectivity index (χ1v) is 8.07. The van der Waals surface area contributed by atoms with Crippen molar-refractivity contribution in [3.63, 3.8) is 0 Å². The SMILES string of the molecule is O=C(NCCCCCCI)c1ccc2c(c1)OCO2. The van der Waals surface area contributed by atoms with Crippen LogP contribution in [-0.2, 0) is 0 Å². The maximum absolute atomic E-state index is 11.9. The van der Waals surface area contributed by atoms with Crippen LogP contribution < -0.4 is 14.8 Å². The quantitative estimate of drug-likeness (QED) is 0.453. The maximum atomic E-state index is 11.9. The molecule has 0 saturated carbocycles. The van der Waals surface area contributed by atoms with Crippen LogP contribution in [0.1, 0.15) is 36.0 Å². The number of benzene rings is 1. The van der Waals surface area contributed by atoms with Crippen molar-refractivity contribution in [2.45, 2.75) is 25.7 Å². The van der Waals surface area contributed by atoms with Gasteiger partial charge in [0.2, 0.25) is 6.79 Å². The van der Waals surface area contributed by atoms with Crippen molar-refractivity contribution in [2.24, 2.45) is 0 Å². The third-order valence-electron chi connectivity index (χ3n) is 2.98. The van der Waals surface area contributed by atoms with E-state index >= 15 is 0 Å². The van der Waals surface area contributed by atoms with E-state index in [0.29, 0.717) is 17.1 Å². The van der Waals surface area contributed by atoms with Crippen LogP contribution in [0.2, 0.25) is 0 Å². The second kappa shape index (κ2) is 7.57. The van der Waals surface area contributed by atoms with E-state index in [4.69, 9.17) is 9.47 Å². The van der Waals surface area contributed by atoms with Gasteiger partial charge in [-0.1, -0.05) is 35.4 Å². The van der Waals surface area contributed by atoms with Crippen LogP contribution in [0, 0.1) is 0 Å². The molecule has 0 fully saturated rings. The van der Waals surface area contributed by atoms with Gasteiger partial charge < -0.3 is 14.8 Å². The molecule has 0 bridgehead atoms. The summed E-state index contributed by atoms with van der Waals surface area (Å²) >= 11 is 2.39. The van der Waals surface area contributed by atoms with Crippen molar-refractivity contribution in [3.8, 4) is 11.5 Å². The molecular formula is C14H18INO3. The molecule has 1 amide bonds. The molecule has 1 aromatic rings. The number of ether oxygens (including phenoxy) is 2. The summed E-state index contributed by atoms with van der Waals surface area (Å²) in [7, 11) is 0. The van der Waals surface area contributed by atoms with Gasteiger partial charge in [0.05, 0.1) is 0 Å². The number of fused-ring (bicyclic) bond motifs is 1. The molecule has 1 heterocycles. The molecule has 104 valence electrons. The number of hydrogen-bond donors (Lipinski definition) is 1. The highest BCUT2D eigenvalue weighted by Crippen LogP contribution is 2.32. The van der Waals surface area contributed by atoms with Crippen molar-refractivity contribution >= 4 is 28.5 Å². The number of hydrogen-bond acceptors (Lipinski definition) is 3. The molecule has 0 spiro atoms. The Balaban J connectivity index is 1.74. The van der Waals surface area contributed by atoms with E-state index in [9.17, 15) is 4.79 Å². The Morgan fingerprint density at radius 1 is 1.16 bits per heavy atom. The van der Waals surface area contributed by atoms with Crippen LogP contribution in [0.3, 0.4) is 0 Å². The minimum Gasteiger partial charge on any atom is -0.454 e. The molecule has 0 aromatic heterocycles. The van der Waals surface area contributed by atoms with Gasteiger partial charge in [-0.25, -0.2) is 0 Å². The molecule has 0 aliphatic carbocycles. The fraction of sp³-hybridized carbons (Fsp3) is 0.500. The third-order valence-corrected chi connectivity index (χ3v) is 3.74. The minimum absolute atomic E-state index is 0.0489. The normalized spacial score (nSPS) is 12.5. The first kappa shape index (κ1) is 14.4. The van der Waals surface area contributed by atoms with Crippen molar-refractivity contribution in [2.75, 3.05) is 17.8 Å². The number of nitrogens with one attached hydrogen (secondary N) is 1. The second-order valence-corrected chi connectivity index (χ2v) is 5.51. The summed E-state index contributed by atoms with van der Waals surface area (Å²) in [4.78, 5) is 11.9. The zero-order chi connectivity index (χ0) is 13.5. The summed E-state index contributed by atoms with van der Waals surface area (Å²) in [6, 6.07) is 5.27. The molecule has 0 saturated heterocycles. The lowest BCUT2D eigenvalue weighted by molar-refractivity contribution is 0.0952. The lowest BCUT2D eigenvalue weighted by atomic mass is 10.1. The van der Waals surface area contributed by atoms with E-state index in [1.165, 1.54) is 23.7 Å². The van der Waals surface area contributed by atoms with E-state index in [1.807, 2.05) is 0 Å². The second-order valence-electron chi connectivity index (χ2n) is 4.43. The summed E-state index contributed by atoms with van der Waals surface area (Å²) in [5, 5.41) is 2.93. The molecule has 2 rings (SSSR count). The third kappa shape index (κ3) is 4.26. The number of rotatable bonds is 7. The average molecular weight is 375 g/mol. The molecule has 19 heavy (non-hydrogen) atoms. The number of alkyl halides is 1. The molecule has 1 aliphatic heterocycles. The van der Waals surface area contributed by atoms with Crippen molar-refractivity contribution < 1.29 is 14.3 Å². The molecule has 1 aliphatic rings. The number of halogens is 1. The fourth-order valence-electron chi connectivity index (χ4n) is 1.91. The summed E-state index contributed by atoms with van der Waals surface area (Å²) in [5.41, 5.74) is 0.622. The maximum Gasteiger partial charge on any atom is 0.251 e. The van der Waals surface area contributed by atoms with Crippen molar-refractivity contribution in [3.05, 3.63) is 23.8 Å². The largest absolute Gasteiger partial charge is 0.454 e. The Labute approximate surface area is 127 Å². The molecule has 0 unspecified atom stereocenters. The molecule has 4 nitrogen and oxygen atoms in total. The summed E-state index contributed by atoms with van der Waals surface area (Å²) < 4.78 is 11.7. The van der Waals surface area contributed by atoms with Crippen LogP contribution in [-0.4, -0.2) is 23.7 Å². The fourth-order valence-corrected chi connectivity index (χ4v) is 2.45. The van der Waals surface area contributed by atoms with Gasteiger partial charge in [-0.15, -0.1) is 0 Å². The van der Waals surface area contributed by atoms with Crippen molar-refractivity contribution in [1.29, 1.82) is 0 Å². The van der Waals surface area contributed by atoms with Gasteiger partial charge in [0, 0.05) is 12.1 Å². The Morgan fingerprint density at radius 2 is 1.95 bits per heavy atom. The summed E-state index contributed by atoms with van der Waals surface area (Å²) in [6.45, 7) is 0.964. The van der Waals surface area contributed by atoms with Gasteiger partial charge in [0.25, 0.3) is 5.91 Å². The first-order valence-electron chi connectivity index (χ1n) is 6.55. The minimum atomic E-state index is -0.0489. The highest BCUT2D eigenvalue weighted by atomic mass is 127. The van der Waals surface area contributed by atoms with Gasteiger partial charge in [0.15, 0.2) is 11.5 Å². The number of amides is 1. The lowest BCUT2D eigenvalue weighted by Gasteiger charge is -2.05. The molecule has 0 atom stereocenters. The average Bonchev–Trinajstić information content (AvgIpc) is 2.89. The van der Waals surface area contributed by atoms with E-state index < -0.39 is 0 Å².